The first kappa shape index (κ1) is 17.9. The molecule has 0 saturated heterocycles. The topological polar surface area (TPSA) is 46.1 Å². The molecule has 2 amide bonds. The third-order valence-corrected chi connectivity index (χ3v) is 6.49. The zero-order valence-corrected chi connectivity index (χ0v) is 16.4. The number of hydrogen-bond acceptors (Lipinski definition) is 2. The number of rotatable bonds is 5. The zero-order chi connectivity index (χ0) is 18.6. The zero-order valence-electron chi connectivity index (χ0n) is 15.6. The smallest absolute Gasteiger partial charge is 0.319 e. The summed E-state index contributed by atoms with van der Waals surface area (Å²) in [6.07, 6.45) is 9.93. The second kappa shape index (κ2) is 8.01. The van der Waals surface area contributed by atoms with Gasteiger partial charge in [0.2, 0.25) is 0 Å². The van der Waals surface area contributed by atoms with Crippen molar-refractivity contribution in [2.75, 3.05) is 5.32 Å². The van der Waals surface area contributed by atoms with Crippen LogP contribution in [0.15, 0.2) is 48.8 Å². The fraction of sp³-hybridized carbons (Fsp3) is 0.318. The molecule has 0 aliphatic heterocycles. The number of hydrogen-bond donors (Lipinski definition) is 2. The lowest BCUT2D eigenvalue weighted by Gasteiger charge is -2.14. The predicted molar refractivity (Wildman–Crippen MR) is 112 cm³/mol. The van der Waals surface area contributed by atoms with Crippen LogP contribution in [0.2, 0.25) is 0 Å². The van der Waals surface area contributed by atoms with Crippen LogP contribution in [0.4, 0.5) is 10.5 Å². The minimum Gasteiger partial charge on any atom is -0.334 e. The Morgan fingerprint density at radius 3 is 2.59 bits per heavy atom. The summed E-state index contributed by atoms with van der Waals surface area (Å²) in [6.45, 7) is 2.68. The van der Waals surface area contributed by atoms with Crippen molar-refractivity contribution in [2.45, 2.75) is 45.6 Å². The van der Waals surface area contributed by atoms with E-state index in [0.29, 0.717) is 6.54 Å². The van der Waals surface area contributed by atoms with E-state index in [4.69, 9.17) is 0 Å². The number of benzene rings is 1. The standard InChI is InChI=1S/C22H25N3OS/c1-2-16-9-11-17(12-10-16)24-22(26)23-15-19-18-7-3-4-8-20(18)27-21(19)25-13-5-6-14-25/h5-6,9-14H,2-4,7-8,15H2,1H3,(H2,23,24,26). The molecule has 140 valence electrons. The lowest BCUT2D eigenvalue weighted by atomic mass is 9.95. The van der Waals surface area contributed by atoms with Crippen LogP contribution in [0.5, 0.6) is 0 Å². The minimum atomic E-state index is -0.159. The molecule has 0 fully saturated rings. The third kappa shape index (κ3) is 3.93. The summed E-state index contributed by atoms with van der Waals surface area (Å²) in [4.78, 5) is 13.9. The lowest BCUT2D eigenvalue weighted by Crippen LogP contribution is -2.28. The molecule has 2 aromatic heterocycles. The quantitative estimate of drug-likeness (QED) is 0.621. The number of nitrogens with zero attached hydrogens (tertiary/aromatic N) is 1. The number of carbonyl (C=O) groups is 1. The molecule has 1 aliphatic carbocycles. The Bertz CT molecular complexity index is 910. The Hall–Kier alpha value is -2.53. The van der Waals surface area contributed by atoms with E-state index in [1.807, 2.05) is 35.6 Å². The fourth-order valence-electron chi connectivity index (χ4n) is 3.65. The average Bonchev–Trinajstić information content (AvgIpc) is 3.34. The highest BCUT2D eigenvalue weighted by Crippen LogP contribution is 2.36. The Morgan fingerprint density at radius 2 is 1.85 bits per heavy atom. The molecule has 27 heavy (non-hydrogen) atoms. The van der Waals surface area contributed by atoms with E-state index >= 15 is 0 Å². The van der Waals surface area contributed by atoms with Crippen molar-refractivity contribution in [3.05, 3.63) is 70.4 Å². The Morgan fingerprint density at radius 1 is 1.11 bits per heavy atom. The Kier molecular flexibility index (Phi) is 5.30. The first-order chi connectivity index (χ1) is 13.2. The molecule has 4 nitrogen and oxygen atoms in total. The number of aryl methyl sites for hydroxylation is 2. The highest BCUT2D eigenvalue weighted by molar-refractivity contribution is 7.14. The number of anilines is 1. The van der Waals surface area contributed by atoms with Gasteiger partial charge in [-0.25, -0.2) is 4.79 Å². The van der Waals surface area contributed by atoms with Gasteiger partial charge in [0.25, 0.3) is 0 Å². The van der Waals surface area contributed by atoms with Gasteiger partial charge in [0, 0.05) is 35.1 Å². The molecule has 0 saturated carbocycles. The van der Waals surface area contributed by atoms with E-state index < -0.39 is 0 Å². The number of carbonyl (C=O) groups excluding carboxylic acids is 1. The fourth-order valence-corrected chi connectivity index (χ4v) is 5.02. The van der Waals surface area contributed by atoms with Gasteiger partial charge >= 0.3 is 6.03 Å². The van der Waals surface area contributed by atoms with E-state index in [1.54, 1.807) is 0 Å². The van der Waals surface area contributed by atoms with Crippen molar-refractivity contribution in [1.29, 1.82) is 0 Å². The molecule has 0 spiro atoms. The van der Waals surface area contributed by atoms with Crippen LogP contribution in [-0.2, 0) is 25.8 Å². The van der Waals surface area contributed by atoms with E-state index in [9.17, 15) is 4.79 Å². The number of nitrogens with one attached hydrogen (secondary N) is 2. The summed E-state index contributed by atoms with van der Waals surface area (Å²) >= 11 is 1.87. The van der Waals surface area contributed by atoms with Crippen molar-refractivity contribution in [2.24, 2.45) is 0 Å². The van der Waals surface area contributed by atoms with Crippen LogP contribution in [-0.4, -0.2) is 10.6 Å². The van der Waals surface area contributed by atoms with Gasteiger partial charge in [-0.1, -0.05) is 19.1 Å². The summed E-state index contributed by atoms with van der Waals surface area (Å²) in [6, 6.07) is 11.9. The second-order valence-electron chi connectivity index (χ2n) is 6.94. The Balaban J connectivity index is 1.48. The largest absolute Gasteiger partial charge is 0.334 e. The summed E-state index contributed by atoms with van der Waals surface area (Å²) in [5.41, 5.74) is 4.80. The molecule has 4 rings (SSSR count). The monoisotopic (exact) mass is 379 g/mol. The van der Waals surface area contributed by atoms with Gasteiger partial charge in [-0.3, -0.25) is 0 Å². The maximum absolute atomic E-state index is 12.4. The van der Waals surface area contributed by atoms with Gasteiger partial charge in [-0.05, 0) is 67.5 Å². The van der Waals surface area contributed by atoms with E-state index in [-0.39, 0.29) is 6.03 Å². The van der Waals surface area contributed by atoms with Crippen LogP contribution < -0.4 is 10.6 Å². The molecule has 0 unspecified atom stereocenters. The van der Waals surface area contributed by atoms with Crippen LogP contribution in [0.25, 0.3) is 5.00 Å². The predicted octanol–water partition coefficient (Wildman–Crippen LogP) is 5.30. The molecule has 2 heterocycles. The first-order valence-corrected chi connectivity index (χ1v) is 10.5. The number of thiophene rings is 1. The molecule has 3 aromatic rings. The molecule has 0 atom stereocenters. The molecule has 1 aliphatic rings. The van der Waals surface area contributed by atoms with Gasteiger partial charge in [0.15, 0.2) is 0 Å². The summed E-state index contributed by atoms with van der Waals surface area (Å²) in [7, 11) is 0. The highest BCUT2D eigenvalue weighted by atomic mass is 32.1. The highest BCUT2D eigenvalue weighted by Gasteiger charge is 2.21. The number of fused-ring (bicyclic) bond motifs is 1. The molecule has 5 heteroatoms. The molecule has 0 bridgehead atoms. The summed E-state index contributed by atoms with van der Waals surface area (Å²) < 4.78 is 2.17. The first-order valence-electron chi connectivity index (χ1n) is 9.65. The van der Waals surface area contributed by atoms with E-state index in [1.165, 1.54) is 39.4 Å². The summed E-state index contributed by atoms with van der Waals surface area (Å²) in [5, 5.41) is 7.23. The second-order valence-corrected chi connectivity index (χ2v) is 8.03. The van der Waals surface area contributed by atoms with Gasteiger partial charge in [0.1, 0.15) is 5.00 Å². The van der Waals surface area contributed by atoms with Gasteiger partial charge in [-0.2, -0.15) is 0 Å². The molecular formula is C22H25N3OS. The number of aromatic nitrogens is 1. The Labute approximate surface area is 164 Å². The minimum absolute atomic E-state index is 0.159. The average molecular weight is 380 g/mol. The normalized spacial score (nSPS) is 13.2. The SMILES string of the molecule is CCc1ccc(NC(=O)NCc2c(-n3cccc3)sc3c2CCCC3)cc1. The van der Waals surface area contributed by atoms with Crippen molar-refractivity contribution in [1.82, 2.24) is 9.88 Å². The third-order valence-electron chi connectivity index (χ3n) is 5.14. The van der Waals surface area contributed by atoms with Crippen LogP contribution in [0.1, 0.15) is 41.3 Å². The van der Waals surface area contributed by atoms with Crippen LogP contribution >= 0.6 is 11.3 Å². The number of amides is 2. The molecule has 0 radical (unpaired) electrons. The van der Waals surface area contributed by atoms with Gasteiger partial charge < -0.3 is 15.2 Å². The lowest BCUT2D eigenvalue weighted by molar-refractivity contribution is 0.251. The van der Waals surface area contributed by atoms with Gasteiger partial charge in [-0.15, -0.1) is 11.3 Å². The van der Waals surface area contributed by atoms with E-state index in [2.05, 4.69) is 46.7 Å². The maximum Gasteiger partial charge on any atom is 0.319 e. The van der Waals surface area contributed by atoms with Crippen molar-refractivity contribution >= 4 is 23.1 Å². The number of urea groups is 1. The molecule has 1 aromatic carbocycles. The van der Waals surface area contributed by atoms with Crippen molar-refractivity contribution in [3.8, 4) is 5.00 Å². The molecule has 2 N–H and O–H groups in total. The van der Waals surface area contributed by atoms with Crippen LogP contribution in [0, 0.1) is 0 Å². The molecular weight excluding hydrogens is 354 g/mol. The van der Waals surface area contributed by atoms with Crippen molar-refractivity contribution in [3.63, 3.8) is 0 Å². The maximum atomic E-state index is 12.4. The van der Waals surface area contributed by atoms with Crippen LogP contribution in [0.3, 0.4) is 0 Å². The van der Waals surface area contributed by atoms with Gasteiger partial charge in [0.05, 0.1) is 0 Å². The summed E-state index contributed by atoms with van der Waals surface area (Å²) in [5.74, 6) is 0. The van der Waals surface area contributed by atoms with Crippen molar-refractivity contribution < 1.29 is 4.79 Å². The van der Waals surface area contributed by atoms with E-state index in [0.717, 1.165) is 24.9 Å².